The molecular weight excluding hydrogens is 851 g/mol. The molecule has 326 valence electrons. The Bertz CT molecular complexity index is 4110. The summed E-state index contributed by atoms with van der Waals surface area (Å²) in [5.74, 6) is 1.69. The van der Waals surface area contributed by atoms with E-state index in [4.69, 9.17) is 9.15 Å². The first-order valence-electron chi connectivity index (χ1n) is 24.1. The monoisotopic (exact) mass is 891 g/mol. The number of hydrogen-bond acceptors (Lipinski definition) is 3. The fourth-order valence-electron chi connectivity index (χ4n) is 12.1. The molecule has 0 radical (unpaired) electrons. The predicted molar refractivity (Wildman–Crippen MR) is 287 cm³/mol. The number of benzene rings is 11. The van der Waals surface area contributed by atoms with Gasteiger partial charge in [-0.25, -0.2) is 0 Å². The van der Waals surface area contributed by atoms with Crippen LogP contribution in [0.5, 0.6) is 11.5 Å². The molecule has 1 atom stereocenters. The lowest BCUT2D eigenvalue weighted by atomic mass is 9.66. The molecule has 70 heavy (non-hydrogen) atoms. The topological polar surface area (TPSA) is 25.6 Å². The Morgan fingerprint density at radius 1 is 0.271 bits per heavy atom. The van der Waals surface area contributed by atoms with Gasteiger partial charge in [0.15, 0.2) is 0 Å². The molecule has 0 saturated heterocycles. The summed E-state index contributed by atoms with van der Waals surface area (Å²) in [7, 11) is 0. The SMILES string of the molecule is c1ccc(-c2ccc(N(c3ccc4c(c3)-c3ccccc3Oc3ccccc3-4)c3ccc4c(c3)-c3ccccc3-c3ccccc3C43c4ccccc4-c4cc5c(cc43)oc3ccccc35)cc2)cc1. The number of nitrogens with zero attached hydrogens (tertiary/aromatic N) is 1. The third-order valence-electron chi connectivity index (χ3n) is 15.1. The molecule has 2 aliphatic carbocycles. The molecule has 0 N–H and O–H groups in total. The second kappa shape index (κ2) is 14.9. The van der Waals surface area contributed by atoms with Gasteiger partial charge in [-0.1, -0.05) is 182 Å². The van der Waals surface area contributed by atoms with Gasteiger partial charge in [0.1, 0.15) is 22.7 Å². The molecule has 15 rings (SSSR count). The number of furan rings is 1. The average Bonchev–Trinajstić information content (AvgIpc) is 3.84. The summed E-state index contributed by atoms with van der Waals surface area (Å²) in [6.07, 6.45) is 0. The van der Waals surface area contributed by atoms with Crippen LogP contribution in [-0.2, 0) is 5.41 Å². The highest BCUT2D eigenvalue weighted by Crippen LogP contribution is 2.63. The number of anilines is 3. The van der Waals surface area contributed by atoms with Crippen molar-refractivity contribution >= 4 is 39.0 Å². The summed E-state index contributed by atoms with van der Waals surface area (Å²) < 4.78 is 13.4. The molecular formula is C67H41NO2. The molecule has 0 amide bonds. The molecule has 3 heteroatoms. The van der Waals surface area contributed by atoms with Gasteiger partial charge in [-0.3, -0.25) is 0 Å². The van der Waals surface area contributed by atoms with Crippen molar-refractivity contribution in [3.8, 4) is 78.3 Å². The highest BCUT2D eigenvalue weighted by molar-refractivity contribution is 6.09. The molecule has 3 nitrogen and oxygen atoms in total. The van der Waals surface area contributed by atoms with E-state index in [0.717, 1.165) is 72.8 Å². The highest BCUT2D eigenvalue weighted by atomic mass is 16.5. The highest BCUT2D eigenvalue weighted by Gasteiger charge is 2.50. The second-order valence-corrected chi connectivity index (χ2v) is 18.7. The predicted octanol–water partition coefficient (Wildman–Crippen LogP) is 18.2. The molecule has 1 aromatic heterocycles. The minimum atomic E-state index is -0.675. The van der Waals surface area contributed by atoms with Gasteiger partial charge in [0.25, 0.3) is 0 Å². The number of para-hydroxylation sites is 3. The van der Waals surface area contributed by atoms with Crippen LogP contribution >= 0.6 is 0 Å². The molecule has 11 aromatic carbocycles. The minimum absolute atomic E-state index is 0.675. The van der Waals surface area contributed by atoms with Crippen LogP contribution in [0.2, 0.25) is 0 Å². The van der Waals surface area contributed by atoms with Gasteiger partial charge in [0, 0.05) is 39.0 Å². The van der Waals surface area contributed by atoms with E-state index < -0.39 is 5.41 Å². The van der Waals surface area contributed by atoms with Crippen molar-refractivity contribution in [2.75, 3.05) is 4.90 Å². The van der Waals surface area contributed by atoms with Crippen LogP contribution < -0.4 is 9.64 Å². The maximum absolute atomic E-state index is 6.74. The van der Waals surface area contributed by atoms with Gasteiger partial charge in [0.05, 0.1) is 5.41 Å². The van der Waals surface area contributed by atoms with Crippen molar-refractivity contribution in [1.82, 2.24) is 0 Å². The molecule has 12 aromatic rings. The summed E-state index contributed by atoms with van der Waals surface area (Å²) >= 11 is 0. The summed E-state index contributed by atoms with van der Waals surface area (Å²) in [6.45, 7) is 0. The Hall–Kier alpha value is -9.18. The van der Waals surface area contributed by atoms with E-state index in [9.17, 15) is 0 Å². The molecule has 2 heterocycles. The summed E-state index contributed by atoms with van der Waals surface area (Å²) in [6, 6.07) is 90.8. The second-order valence-electron chi connectivity index (χ2n) is 18.7. The average molecular weight is 892 g/mol. The van der Waals surface area contributed by atoms with E-state index in [0.29, 0.717) is 0 Å². The van der Waals surface area contributed by atoms with Gasteiger partial charge in [-0.15, -0.1) is 0 Å². The van der Waals surface area contributed by atoms with Crippen LogP contribution in [0.1, 0.15) is 22.3 Å². The molecule has 1 spiro atoms. The van der Waals surface area contributed by atoms with Gasteiger partial charge >= 0.3 is 0 Å². The summed E-state index contributed by atoms with van der Waals surface area (Å²) in [4.78, 5) is 2.43. The van der Waals surface area contributed by atoms with Crippen molar-refractivity contribution in [1.29, 1.82) is 0 Å². The Labute approximate surface area is 405 Å². The fraction of sp³-hybridized carbons (Fsp3) is 0.0149. The van der Waals surface area contributed by atoms with Gasteiger partial charge in [-0.05, 0) is 145 Å². The largest absolute Gasteiger partial charge is 0.456 e. The van der Waals surface area contributed by atoms with Gasteiger partial charge < -0.3 is 14.1 Å². The first-order valence-corrected chi connectivity index (χ1v) is 24.1. The Balaban J connectivity index is 1.01. The van der Waals surface area contributed by atoms with Crippen LogP contribution in [0.25, 0.3) is 88.7 Å². The lowest BCUT2D eigenvalue weighted by molar-refractivity contribution is 0.488. The molecule has 1 aliphatic heterocycles. The Morgan fingerprint density at radius 3 is 1.49 bits per heavy atom. The van der Waals surface area contributed by atoms with Crippen LogP contribution in [0.15, 0.2) is 253 Å². The van der Waals surface area contributed by atoms with Crippen molar-refractivity contribution in [3.05, 3.63) is 271 Å². The zero-order valence-corrected chi connectivity index (χ0v) is 37.9. The lowest BCUT2D eigenvalue weighted by Gasteiger charge is -2.36. The maximum atomic E-state index is 6.74. The van der Waals surface area contributed by atoms with E-state index in [1.54, 1.807) is 0 Å². The van der Waals surface area contributed by atoms with Crippen molar-refractivity contribution in [2.45, 2.75) is 5.41 Å². The first-order chi connectivity index (χ1) is 34.7. The molecule has 0 fully saturated rings. The lowest BCUT2D eigenvalue weighted by Crippen LogP contribution is -2.29. The van der Waals surface area contributed by atoms with Crippen LogP contribution in [0.3, 0.4) is 0 Å². The number of hydrogen-bond donors (Lipinski definition) is 0. The van der Waals surface area contributed by atoms with E-state index in [1.165, 1.54) is 66.8 Å². The van der Waals surface area contributed by atoms with Crippen LogP contribution in [0, 0.1) is 0 Å². The molecule has 3 aliphatic rings. The van der Waals surface area contributed by atoms with Crippen LogP contribution in [0.4, 0.5) is 17.1 Å². The summed E-state index contributed by atoms with van der Waals surface area (Å²) in [5, 5.41) is 2.27. The van der Waals surface area contributed by atoms with E-state index >= 15 is 0 Å². The zero-order valence-electron chi connectivity index (χ0n) is 37.9. The van der Waals surface area contributed by atoms with E-state index in [-0.39, 0.29) is 0 Å². The summed E-state index contributed by atoms with van der Waals surface area (Å²) in [5.41, 5.74) is 23.3. The van der Waals surface area contributed by atoms with Crippen molar-refractivity contribution in [3.63, 3.8) is 0 Å². The number of ether oxygens (including phenoxy) is 1. The standard InChI is InChI=1S/C67H41NO2/c1-2-16-42(17-3-1)43-30-32-44(33-31-43)68(45-34-36-49-52-22-8-13-27-63(52)69-64-28-14-9-23-53(64)55(49)38-45)46-35-37-61-56(39-46)48-19-5-4-18-47(48)50-20-6-11-25-59(50)67(61)60-26-12-7-21-51(60)57-40-58-54-24-10-15-29-65(54)70-66(58)41-62(57)67/h1-41H. The van der Waals surface area contributed by atoms with Gasteiger partial charge in [0.2, 0.25) is 0 Å². The smallest absolute Gasteiger partial charge is 0.135 e. The van der Waals surface area contributed by atoms with Crippen molar-refractivity contribution < 1.29 is 9.15 Å². The third kappa shape index (κ3) is 5.52. The van der Waals surface area contributed by atoms with E-state index in [1.807, 2.05) is 6.07 Å². The number of fused-ring (bicyclic) bond motifs is 20. The quantitative estimate of drug-likeness (QED) is 0.176. The zero-order chi connectivity index (χ0) is 45.9. The first kappa shape index (κ1) is 38.9. The fourth-order valence-corrected chi connectivity index (χ4v) is 12.1. The Morgan fingerprint density at radius 2 is 0.757 bits per heavy atom. The third-order valence-corrected chi connectivity index (χ3v) is 15.1. The maximum Gasteiger partial charge on any atom is 0.135 e. The Kier molecular flexibility index (Phi) is 8.28. The van der Waals surface area contributed by atoms with Crippen LogP contribution in [-0.4, -0.2) is 0 Å². The molecule has 0 bridgehead atoms. The molecule has 0 saturated carbocycles. The normalized spacial score (nSPS) is 14.5. The van der Waals surface area contributed by atoms with Crippen molar-refractivity contribution in [2.24, 2.45) is 0 Å². The van der Waals surface area contributed by atoms with Gasteiger partial charge in [-0.2, -0.15) is 0 Å². The van der Waals surface area contributed by atoms with E-state index in [2.05, 4.69) is 248 Å². The molecule has 1 unspecified atom stereocenters. The minimum Gasteiger partial charge on any atom is -0.456 e. The number of rotatable bonds is 4.